The number of aromatic nitrogens is 3. The van der Waals surface area contributed by atoms with Gasteiger partial charge in [0.05, 0.1) is 17.9 Å². The third-order valence-corrected chi connectivity index (χ3v) is 5.25. The topological polar surface area (TPSA) is 68.5 Å². The number of hydrogen-bond acceptors (Lipinski definition) is 5. The number of aryl methyl sites for hydroxylation is 1. The fourth-order valence-electron chi connectivity index (χ4n) is 2.77. The number of amides is 1. The van der Waals surface area contributed by atoms with Crippen LogP contribution in [0.5, 0.6) is 5.75 Å². The first-order chi connectivity index (χ1) is 12.4. The molecule has 138 valence electrons. The molecule has 6 nitrogen and oxygen atoms in total. The molecule has 1 atom stereocenters. The first-order valence-corrected chi connectivity index (χ1v) is 9.55. The number of hydrogen-bond donors (Lipinski definition) is 1. The van der Waals surface area contributed by atoms with Crippen LogP contribution >= 0.6 is 11.8 Å². The SMILES string of the molecule is COc1ccc2c(C)cc3nnc(SC(C)C(=O)NCC(C)C)n3c2c1. The molecule has 26 heavy (non-hydrogen) atoms. The smallest absolute Gasteiger partial charge is 0.233 e. The van der Waals surface area contributed by atoms with Gasteiger partial charge in [0.1, 0.15) is 5.75 Å². The Bertz CT molecular complexity index is 952. The van der Waals surface area contributed by atoms with Crippen LogP contribution in [0.2, 0.25) is 0 Å². The normalized spacial score (nSPS) is 12.7. The molecule has 1 unspecified atom stereocenters. The third kappa shape index (κ3) is 3.62. The number of rotatable bonds is 6. The summed E-state index contributed by atoms with van der Waals surface area (Å²) in [6.45, 7) is 8.76. The molecule has 7 heteroatoms. The molecule has 0 radical (unpaired) electrons. The van der Waals surface area contributed by atoms with Gasteiger partial charge in [-0.25, -0.2) is 0 Å². The fourth-order valence-corrected chi connectivity index (χ4v) is 3.66. The Morgan fingerprint density at radius 2 is 2.04 bits per heavy atom. The van der Waals surface area contributed by atoms with Crippen molar-refractivity contribution < 1.29 is 9.53 Å². The van der Waals surface area contributed by atoms with Gasteiger partial charge in [0.2, 0.25) is 5.91 Å². The Morgan fingerprint density at radius 1 is 1.27 bits per heavy atom. The number of methoxy groups -OCH3 is 1. The van der Waals surface area contributed by atoms with Crippen LogP contribution in [0.1, 0.15) is 26.3 Å². The summed E-state index contributed by atoms with van der Waals surface area (Å²) in [6.07, 6.45) is 0. The summed E-state index contributed by atoms with van der Waals surface area (Å²) in [6, 6.07) is 7.97. The minimum Gasteiger partial charge on any atom is -0.497 e. The molecule has 0 saturated carbocycles. The number of pyridine rings is 1. The van der Waals surface area contributed by atoms with E-state index in [1.165, 1.54) is 11.8 Å². The average Bonchev–Trinajstić information content (AvgIpc) is 3.01. The van der Waals surface area contributed by atoms with Crippen LogP contribution < -0.4 is 10.1 Å². The van der Waals surface area contributed by atoms with E-state index >= 15 is 0 Å². The predicted molar refractivity (Wildman–Crippen MR) is 105 cm³/mol. The van der Waals surface area contributed by atoms with Crippen LogP contribution in [0.3, 0.4) is 0 Å². The lowest BCUT2D eigenvalue weighted by atomic mass is 10.1. The Hall–Kier alpha value is -2.28. The van der Waals surface area contributed by atoms with Gasteiger partial charge in [-0.3, -0.25) is 9.20 Å². The van der Waals surface area contributed by atoms with Gasteiger partial charge in [0.15, 0.2) is 10.8 Å². The maximum atomic E-state index is 12.3. The summed E-state index contributed by atoms with van der Waals surface area (Å²) >= 11 is 1.41. The molecule has 2 heterocycles. The number of nitrogens with one attached hydrogen (secondary N) is 1. The summed E-state index contributed by atoms with van der Waals surface area (Å²) < 4.78 is 7.36. The van der Waals surface area contributed by atoms with Gasteiger partial charge in [-0.2, -0.15) is 0 Å². The van der Waals surface area contributed by atoms with Crippen molar-refractivity contribution >= 4 is 34.2 Å². The van der Waals surface area contributed by atoms with Crippen molar-refractivity contribution in [3.8, 4) is 5.75 Å². The third-order valence-electron chi connectivity index (χ3n) is 4.21. The van der Waals surface area contributed by atoms with Crippen molar-refractivity contribution in [3.05, 3.63) is 29.8 Å². The molecule has 0 fully saturated rings. The summed E-state index contributed by atoms with van der Waals surface area (Å²) in [7, 11) is 1.65. The largest absolute Gasteiger partial charge is 0.497 e. The number of benzene rings is 1. The molecule has 1 aromatic carbocycles. The number of thioether (sulfide) groups is 1. The van der Waals surface area contributed by atoms with Crippen molar-refractivity contribution in [3.63, 3.8) is 0 Å². The highest BCUT2D eigenvalue weighted by molar-refractivity contribution is 8.00. The first-order valence-electron chi connectivity index (χ1n) is 8.67. The lowest BCUT2D eigenvalue weighted by Gasteiger charge is -2.13. The van der Waals surface area contributed by atoms with Crippen LogP contribution in [-0.4, -0.2) is 39.4 Å². The Labute approximate surface area is 157 Å². The summed E-state index contributed by atoms with van der Waals surface area (Å²) in [5.74, 6) is 1.20. The zero-order valence-electron chi connectivity index (χ0n) is 15.7. The fraction of sp³-hybridized carbons (Fsp3) is 0.421. The van der Waals surface area contributed by atoms with Gasteiger partial charge in [0, 0.05) is 18.0 Å². The van der Waals surface area contributed by atoms with E-state index in [0.717, 1.165) is 27.9 Å². The van der Waals surface area contributed by atoms with Crippen molar-refractivity contribution in [2.45, 2.75) is 38.1 Å². The van der Waals surface area contributed by atoms with Crippen molar-refractivity contribution in [2.75, 3.05) is 13.7 Å². The van der Waals surface area contributed by atoms with E-state index in [1.807, 2.05) is 35.6 Å². The second-order valence-corrected chi connectivity index (χ2v) is 8.09. The molecule has 0 spiro atoms. The quantitative estimate of drug-likeness (QED) is 0.671. The Balaban J connectivity index is 1.99. The number of nitrogens with zero attached hydrogens (tertiary/aromatic N) is 3. The molecule has 0 aliphatic rings. The maximum absolute atomic E-state index is 12.3. The van der Waals surface area contributed by atoms with Gasteiger partial charge < -0.3 is 10.1 Å². The molecule has 0 bridgehead atoms. The summed E-state index contributed by atoms with van der Waals surface area (Å²) in [4.78, 5) is 12.3. The number of carbonyl (C=O) groups excluding carboxylic acids is 1. The molecule has 0 saturated heterocycles. The maximum Gasteiger partial charge on any atom is 0.233 e. The summed E-state index contributed by atoms with van der Waals surface area (Å²) in [5, 5.41) is 13.1. The Morgan fingerprint density at radius 3 is 2.73 bits per heavy atom. The lowest BCUT2D eigenvalue weighted by Crippen LogP contribution is -2.33. The molecular formula is C19H24N4O2S. The van der Waals surface area contributed by atoms with Crippen LogP contribution in [0, 0.1) is 12.8 Å². The average molecular weight is 372 g/mol. The van der Waals surface area contributed by atoms with Gasteiger partial charge in [-0.15, -0.1) is 10.2 Å². The molecule has 1 N–H and O–H groups in total. The zero-order valence-corrected chi connectivity index (χ0v) is 16.6. The van der Waals surface area contributed by atoms with Crippen molar-refractivity contribution in [1.82, 2.24) is 19.9 Å². The van der Waals surface area contributed by atoms with Gasteiger partial charge in [0.25, 0.3) is 0 Å². The molecule has 0 aliphatic heterocycles. The number of carbonyl (C=O) groups is 1. The predicted octanol–water partition coefficient (Wildman–Crippen LogP) is 3.45. The number of fused-ring (bicyclic) bond motifs is 3. The highest BCUT2D eigenvalue weighted by Crippen LogP contribution is 2.30. The van der Waals surface area contributed by atoms with E-state index in [-0.39, 0.29) is 11.2 Å². The van der Waals surface area contributed by atoms with Crippen LogP contribution in [0.15, 0.2) is 29.4 Å². The molecule has 1 amide bonds. The lowest BCUT2D eigenvalue weighted by molar-refractivity contribution is -0.120. The van der Waals surface area contributed by atoms with Crippen molar-refractivity contribution in [1.29, 1.82) is 0 Å². The second kappa shape index (κ2) is 7.53. The monoisotopic (exact) mass is 372 g/mol. The van der Waals surface area contributed by atoms with Crippen LogP contribution in [0.25, 0.3) is 16.6 Å². The number of ether oxygens (including phenoxy) is 1. The van der Waals surface area contributed by atoms with E-state index in [0.29, 0.717) is 17.6 Å². The molecule has 3 rings (SSSR count). The van der Waals surface area contributed by atoms with E-state index in [1.54, 1.807) is 7.11 Å². The van der Waals surface area contributed by atoms with E-state index in [9.17, 15) is 4.79 Å². The van der Waals surface area contributed by atoms with Crippen LogP contribution in [-0.2, 0) is 4.79 Å². The van der Waals surface area contributed by atoms with Gasteiger partial charge in [-0.1, -0.05) is 25.6 Å². The first kappa shape index (κ1) is 18.5. The van der Waals surface area contributed by atoms with Gasteiger partial charge in [-0.05, 0) is 43.5 Å². The second-order valence-electron chi connectivity index (χ2n) is 6.79. The highest BCUT2D eigenvalue weighted by atomic mass is 32.2. The minimum atomic E-state index is -0.261. The summed E-state index contributed by atoms with van der Waals surface area (Å²) in [5.41, 5.74) is 2.86. The van der Waals surface area contributed by atoms with Crippen LogP contribution in [0.4, 0.5) is 0 Å². The molecule has 3 aromatic rings. The van der Waals surface area contributed by atoms with E-state index in [2.05, 4.69) is 36.3 Å². The zero-order chi connectivity index (χ0) is 18.8. The molecular weight excluding hydrogens is 348 g/mol. The minimum absolute atomic E-state index is 0.00875. The highest BCUT2D eigenvalue weighted by Gasteiger charge is 2.19. The van der Waals surface area contributed by atoms with E-state index in [4.69, 9.17) is 4.74 Å². The molecule has 0 aliphatic carbocycles. The van der Waals surface area contributed by atoms with Gasteiger partial charge >= 0.3 is 0 Å². The Kier molecular flexibility index (Phi) is 5.36. The standard InChI is InChI=1S/C19H24N4O2S/c1-11(2)10-20-18(24)13(4)26-19-22-21-17-8-12(3)15-7-6-14(25-5)9-16(15)23(17)19/h6-9,11,13H,10H2,1-5H3,(H,20,24). The van der Waals surface area contributed by atoms with E-state index < -0.39 is 0 Å². The molecule has 2 aromatic heterocycles. The van der Waals surface area contributed by atoms with Crippen molar-refractivity contribution in [2.24, 2.45) is 5.92 Å².